The molecule has 1 aliphatic carbocycles. The first-order valence-electron chi connectivity index (χ1n) is 10.7. The Bertz CT molecular complexity index is 655. The third kappa shape index (κ3) is 8.73. The Balaban J connectivity index is 1.86. The van der Waals surface area contributed by atoms with Crippen LogP contribution in [0, 0.1) is 0 Å². The fourth-order valence-corrected chi connectivity index (χ4v) is 3.46. The van der Waals surface area contributed by atoms with Gasteiger partial charge in [0.15, 0.2) is 5.96 Å². The van der Waals surface area contributed by atoms with Gasteiger partial charge in [-0.2, -0.15) is 0 Å². The molecule has 29 heavy (non-hydrogen) atoms. The lowest BCUT2D eigenvalue weighted by atomic mass is 10.1. The molecule has 2 rings (SSSR count). The maximum atomic E-state index is 11.4. The van der Waals surface area contributed by atoms with Crippen molar-refractivity contribution in [2.24, 2.45) is 4.99 Å². The second kappa shape index (κ2) is 13.0. The minimum Gasteiger partial charge on any atom is -0.495 e. The van der Waals surface area contributed by atoms with Crippen molar-refractivity contribution in [3.8, 4) is 5.75 Å². The van der Waals surface area contributed by atoms with E-state index in [9.17, 15) is 4.79 Å². The summed E-state index contributed by atoms with van der Waals surface area (Å²) in [5.41, 5.74) is 1.64. The number of carbonyl (C=O) groups excluding carboxylic acids is 1. The van der Waals surface area contributed by atoms with E-state index in [-0.39, 0.29) is 5.91 Å². The quantitative estimate of drug-likeness (QED) is 0.254. The summed E-state index contributed by atoms with van der Waals surface area (Å²) in [5.74, 6) is 1.26. The van der Waals surface area contributed by atoms with Crippen LogP contribution in [0.4, 0.5) is 5.69 Å². The predicted octanol–water partition coefficient (Wildman–Crippen LogP) is 3.45. The average Bonchev–Trinajstić information content (AvgIpc) is 2.98. The molecule has 0 aromatic heterocycles. The summed E-state index contributed by atoms with van der Waals surface area (Å²) in [6.45, 7) is 6.22. The van der Waals surface area contributed by atoms with Gasteiger partial charge in [0, 0.05) is 20.0 Å². The maximum absolute atomic E-state index is 11.4. The maximum Gasteiger partial charge on any atom is 0.221 e. The summed E-state index contributed by atoms with van der Waals surface area (Å²) >= 11 is 0. The van der Waals surface area contributed by atoms with E-state index in [0.717, 1.165) is 24.6 Å². The summed E-state index contributed by atoms with van der Waals surface area (Å²) in [6.07, 6.45) is 8.01. The number of hydrogen-bond donors (Lipinski definition) is 3. The average molecular weight is 405 g/mol. The van der Waals surface area contributed by atoms with E-state index >= 15 is 0 Å². The Labute approximate surface area is 174 Å². The minimum atomic E-state index is -0.132. The fourth-order valence-electron chi connectivity index (χ4n) is 3.46. The van der Waals surface area contributed by atoms with Crippen molar-refractivity contribution in [3.05, 3.63) is 23.8 Å². The minimum absolute atomic E-state index is 0.132. The fraction of sp³-hybridized carbons (Fsp3) is 0.636. The third-order valence-electron chi connectivity index (χ3n) is 4.89. The van der Waals surface area contributed by atoms with Crippen LogP contribution in [0.1, 0.15) is 57.9 Å². The van der Waals surface area contributed by atoms with Gasteiger partial charge in [0.1, 0.15) is 5.75 Å². The second-order valence-electron chi connectivity index (χ2n) is 7.32. The zero-order valence-electron chi connectivity index (χ0n) is 18.1. The van der Waals surface area contributed by atoms with Crippen LogP contribution in [0.2, 0.25) is 0 Å². The van der Waals surface area contributed by atoms with Crippen LogP contribution in [0.25, 0.3) is 0 Å². The highest BCUT2D eigenvalue weighted by atomic mass is 16.5. The number of aliphatic imine (C=N–C) groups is 1. The first-order chi connectivity index (χ1) is 14.1. The van der Waals surface area contributed by atoms with Gasteiger partial charge in [-0.25, -0.2) is 4.99 Å². The van der Waals surface area contributed by atoms with Gasteiger partial charge in [0.05, 0.1) is 32.1 Å². The molecule has 0 unspecified atom stereocenters. The number of nitrogens with zero attached hydrogens (tertiary/aromatic N) is 1. The summed E-state index contributed by atoms with van der Waals surface area (Å²) in [5, 5.41) is 9.39. The number of rotatable bonds is 9. The molecule has 0 atom stereocenters. The van der Waals surface area contributed by atoms with E-state index in [0.29, 0.717) is 30.7 Å². The highest BCUT2D eigenvalue weighted by Crippen LogP contribution is 2.25. The topological polar surface area (TPSA) is 84.0 Å². The number of anilines is 1. The first kappa shape index (κ1) is 23.0. The molecular formula is C22H36N4O3. The molecule has 0 aliphatic heterocycles. The van der Waals surface area contributed by atoms with Crippen molar-refractivity contribution in [2.75, 3.05) is 32.1 Å². The summed E-state index contributed by atoms with van der Waals surface area (Å²) < 4.78 is 11.3. The molecule has 1 fully saturated rings. The normalized spacial score (nSPS) is 15.5. The standard InChI is InChI=1S/C22H36N4O3/c1-4-23-22(24-13-14-29-19-9-7-5-6-8-10-19)25-16-18-11-12-21(28-3)20(15-18)26-17(2)27/h11-12,15,19H,4-10,13-14,16H2,1-3H3,(H,26,27)(H2,23,24,25). The van der Waals surface area contributed by atoms with Gasteiger partial charge in [0.2, 0.25) is 5.91 Å². The SMILES string of the molecule is CCNC(=NCc1ccc(OC)c(NC(C)=O)c1)NCCOC1CCCCCC1. The Morgan fingerprint density at radius 2 is 1.93 bits per heavy atom. The predicted molar refractivity (Wildman–Crippen MR) is 118 cm³/mol. The van der Waals surface area contributed by atoms with Crippen molar-refractivity contribution in [3.63, 3.8) is 0 Å². The van der Waals surface area contributed by atoms with Gasteiger partial charge < -0.3 is 25.4 Å². The Kier molecular flexibility index (Phi) is 10.3. The molecule has 0 saturated heterocycles. The Hall–Kier alpha value is -2.28. The van der Waals surface area contributed by atoms with Crippen LogP contribution in [0.5, 0.6) is 5.75 Å². The van der Waals surface area contributed by atoms with E-state index in [4.69, 9.17) is 9.47 Å². The molecule has 1 aromatic rings. The molecule has 0 heterocycles. The summed E-state index contributed by atoms with van der Waals surface area (Å²) in [4.78, 5) is 16.0. The van der Waals surface area contributed by atoms with Gasteiger partial charge in [-0.15, -0.1) is 0 Å². The van der Waals surface area contributed by atoms with Crippen LogP contribution in [-0.4, -0.2) is 44.8 Å². The van der Waals surface area contributed by atoms with Crippen molar-refractivity contribution >= 4 is 17.6 Å². The molecule has 7 nitrogen and oxygen atoms in total. The van der Waals surface area contributed by atoms with E-state index in [2.05, 4.69) is 20.9 Å². The lowest BCUT2D eigenvalue weighted by Gasteiger charge is -2.17. The highest BCUT2D eigenvalue weighted by molar-refractivity contribution is 5.90. The molecule has 1 saturated carbocycles. The first-order valence-corrected chi connectivity index (χ1v) is 10.7. The largest absolute Gasteiger partial charge is 0.495 e. The molecule has 0 bridgehead atoms. The van der Waals surface area contributed by atoms with Gasteiger partial charge in [0.25, 0.3) is 0 Å². The van der Waals surface area contributed by atoms with Gasteiger partial charge in [-0.05, 0) is 37.5 Å². The smallest absolute Gasteiger partial charge is 0.221 e. The molecule has 1 aliphatic rings. The zero-order valence-corrected chi connectivity index (χ0v) is 18.1. The van der Waals surface area contributed by atoms with Gasteiger partial charge >= 0.3 is 0 Å². The zero-order chi connectivity index (χ0) is 20.9. The van der Waals surface area contributed by atoms with Crippen LogP contribution in [-0.2, 0) is 16.1 Å². The number of carbonyl (C=O) groups is 1. The lowest BCUT2D eigenvalue weighted by molar-refractivity contribution is -0.114. The van der Waals surface area contributed by atoms with Crippen LogP contribution in [0.15, 0.2) is 23.2 Å². The number of nitrogens with one attached hydrogen (secondary N) is 3. The van der Waals surface area contributed by atoms with Gasteiger partial charge in [-0.1, -0.05) is 31.7 Å². The molecule has 1 amide bonds. The van der Waals surface area contributed by atoms with E-state index in [1.54, 1.807) is 7.11 Å². The van der Waals surface area contributed by atoms with Gasteiger partial charge in [-0.3, -0.25) is 4.79 Å². The number of guanidine groups is 1. The highest BCUT2D eigenvalue weighted by Gasteiger charge is 2.12. The monoisotopic (exact) mass is 404 g/mol. The third-order valence-corrected chi connectivity index (χ3v) is 4.89. The Morgan fingerprint density at radius 3 is 2.59 bits per heavy atom. The lowest BCUT2D eigenvalue weighted by Crippen LogP contribution is -2.39. The van der Waals surface area contributed by atoms with E-state index in [1.807, 2.05) is 25.1 Å². The molecule has 7 heteroatoms. The van der Waals surface area contributed by atoms with Crippen LogP contribution in [0.3, 0.4) is 0 Å². The number of amides is 1. The molecule has 0 radical (unpaired) electrons. The molecule has 1 aromatic carbocycles. The van der Waals surface area contributed by atoms with Crippen LogP contribution >= 0.6 is 0 Å². The number of ether oxygens (including phenoxy) is 2. The molecule has 0 spiro atoms. The molecular weight excluding hydrogens is 368 g/mol. The van der Waals surface area contributed by atoms with Crippen molar-refractivity contribution < 1.29 is 14.3 Å². The van der Waals surface area contributed by atoms with Crippen LogP contribution < -0.4 is 20.7 Å². The summed E-state index contributed by atoms with van der Waals surface area (Å²) in [6, 6.07) is 5.69. The molecule has 3 N–H and O–H groups in total. The second-order valence-corrected chi connectivity index (χ2v) is 7.32. The Morgan fingerprint density at radius 1 is 1.17 bits per heavy atom. The number of methoxy groups -OCH3 is 1. The van der Waals surface area contributed by atoms with Crippen molar-refractivity contribution in [1.82, 2.24) is 10.6 Å². The molecule has 162 valence electrons. The van der Waals surface area contributed by atoms with Crippen molar-refractivity contribution in [1.29, 1.82) is 0 Å². The summed E-state index contributed by atoms with van der Waals surface area (Å²) in [7, 11) is 1.59. The number of benzene rings is 1. The number of hydrogen-bond acceptors (Lipinski definition) is 4. The van der Waals surface area contributed by atoms with Crippen molar-refractivity contribution in [2.45, 2.75) is 65.0 Å². The van der Waals surface area contributed by atoms with E-state index in [1.165, 1.54) is 45.4 Å². The van der Waals surface area contributed by atoms with E-state index < -0.39 is 0 Å².